The number of aliphatic hydroxyl groups excluding tert-OH is 1. The summed E-state index contributed by atoms with van der Waals surface area (Å²) in [6.07, 6.45) is 6.71. The normalized spacial score (nSPS) is 12.4. The van der Waals surface area contributed by atoms with Crippen molar-refractivity contribution in [2.45, 2.75) is 58.5 Å². The lowest BCUT2D eigenvalue weighted by molar-refractivity contribution is 0.163. The predicted molar refractivity (Wildman–Crippen MR) is 75.9 cm³/mol. The lowest BCUT2D eigenvalue weighted by atomic mass is 10.0. The Kier molecular flexibility index (Phi) is 7.51. The highest BCUT2D eigenvalue weighted by molar-refractivity contribution is 5.28. The molecule has 0 aromatic heterocycles. The molecule has 0 saturated carbocycles. The second-order valence-electron chi connectivity index (χ2n) is 4.72. The van der Waals surface area contributed by atoms with Crippen molar-refractivity contribution in [3.8, 4) is 5.75 Å². The Balaban J connectivity index is 2.30. The highest BCUT2D eigenvalue weighted by atomic mass is 16.5. The quantitative estimate of drug-likeness (QED) is 0.655. The van der Waals surface area contributed by atoms with Crippen LogP contribution in [0, 0.1) is 0 Å². The van der Waals surface area contributed by atoms with Gasteiger partial charge >= 0.3 is 0 Å². The van der Waals surface area contributed by atoms with E-state index in [0.29, 0.717) is 6.61 Å². The molecule has 0 spiro atoms. The summed E-state index contributed by atoms with van der Waals surface area (Å²) in [6, 6.07) is 7.78. The van der Waals surface area contributed by atoms with Crippen LogP contribution in [-0.4, -0.2) is 11.7 Å². The topological polar surface area (TPSA) is 29.5 Å². The smallest absolute Gasteiger partial charge is 0.119 e. The van der Waals surface area contributed by atoms with Crippen LogP contribution in [0.3, 0.4) is 0 Å². The second-order valence-corrected chi connectivity index (χ2v) is 4.72. The summed E-state index contributed by atoms with van der Waals surface area (Å²) < 4.78 is 5.38. The molecule has 0 aliphatic carbocycles. The van der Waals surface area contributed by atoms with Gasteiger partial charge in [0.05, 0.1) is 12.7 Å². The largest absolute Gasteiger partial charge is 0.494 e. The maximum absolute atomic E-state index is 10.1. The van der Waals surface area contributed by atoms with Crippen molar-refractivity contribution in [2.24, 2.45) is 0 Å². The minimum atomic E-state index is -0.331. The van der Waals surface area contributed by atoms with Crippen LogP contribution < -0.4 is 4.74 Å². The van der Waals surface area contributed by atoms with Crippen molar-refractivity contribution in [2.75, 3.05) is 6.61 Å². The first-order chi connectivity index (χ1) is 8.77. The molecule has 1 aromatic rings. The average Bonchev–Trinajstić information content (AvgIpc) is 2.39. The van der Waals surface area contributed by atoms with Crippen LogP contribution >= 0.6 is 0 Å². The van der Waals surface area contributed by atoms with E-state index in [1.165, 1.54) is 25.7 Å². The van der Waals surface area contributed by atoms with Gasteiger partial charge in [-0.1, -0.05) is 51.2 Å². The molecule has 102 valence electrons. The monoisotopic (exact) mass is 250 g/mol. The molecule has 0 amide bonds. The molecule has 0 radical (unpaired) electrons. The number of hydrogen-bond donors (Lipinski definition) is 1. The van der Waals surface area contributed by atoms with Crippen molar-refractivity contribution in [3.63, 3.8) is 0 Å². The molecule has 0 aliphatic rings. The molecule has 1 aromatic carbocycles. The van der Waals surface area contributed by atoms with Gasteiger partial charge in [-0.15, -0.1) is 0 Å². The number of hydrogen-bond acceptors (Lipinski definition) is 2. The third kappa shape index (κ3) is 5.54. The van der Waals surface area contributed by atoms with Crippen LogP contribution in [-0.2, 0) is 0 Å². The Morgan fingerprint density at radius 3 is 2.28 bits per heavy atom. The Morgan fingerprint density at radius 1 is 1.00 bits per heavy atom. The van der Waals surface area contributed by atoms with Gasteiger partial charge in [0.15, 0.2) is 0 Å². The Morgan fingerprint density at radius 2 is 1.67 bits per heavy atom. The third-order valence-electron chi connectivity index (χ3n) is 3.16. The fourth-order valence-electron chi connectivity index (χ4n) is 2.06. The SMILES string of the molecule is CCCCCCCC(O)c1ccc(OCC)cc1. The van der Waals surface area contributed by atoms with Crippen molar-refractivity contribution < 1.29 is 9.84 Å². The molecule has 0 bridgehead atoms. The van der Waals surface area contributed by atoms with E-state index in [1.54, 1.807) is 0 Å². The minimum absolute atomic E-state index is 0.331. The van der Waals surface area contributed by atoms with Crippen molar-refractivity contribution in [1.29, 1.82) is 0 Å². The van der Waals surface area contributed by atoms with E-state index in [2.05, 4.69) is 6.92 Å². The molecule has 0 saturated heterocycles. The average molecular weight is 250 g/mol. The molecular weight excluding hydrogens is 224 g/mol. The zero-order chi connectivity index (χ0) is 13.2. The Labute approximate surface area is 111 Å². The fourth-order valence-corrected chi connectivity index (χ4v) is 2.06. The van der Waals surface area contributed by atoms with Crippen molar-refractivity contribution in [1.82, 2.24) is 0 Å². The second kappa shape index (κ2) is 8.98. The molecular formula is C16H26O2. The Hall–Kier alpha value is -1.02. The summed E-state index contributed by atoms with van der Waals surface area (Å²) in [4.78, 5) is 0. The molecule has 18 heavy (non-hydrogen) atoms. The zero-order valence-electron chi connectivity index (χ0n) is 11.7. The Bertz CT molecular complexity index is 305. The van der Waals surface area contributed by atoms with E-state index >= 15 is 0 Å². The van der Waals surface area contributed by atoms with Crippen LogP contribution in [0.4, 0.5) is 0 Å². The molecule has 0 aliphatic heterocycles. The lowest BCUT2D eigenvalue weighted by Gasteiger charge is -2.11. The van der Waals surface area contributed by atoms with Crippen LogP contribution in [0.2, 0.25) is 0 Å². The zero-order valence-corrected chi connectivity index (χ0v) is 11.7. The summed E-state index contributed by atoms with van der Waals surface area (Å²) in [6.45, 7) is 4.87. The number of ether oxygens (including phenoxy) is 1. The highest BCUT2D eigenvalue weighted by Crippen LogP contribution is 2.22. The molecule has 0 heterocycles. The van der Waals surface area contributed by atoms with Crippen LogP contribution in [0.1, 0.15) is 64.0 Å². The van der Waals surface area contributed by atoms with E-state index in [1.807, 2.05) is 31.2 Å². The molecule has 2 heteroatoms. The maximum Gasteiger partial charge on any atom is 0.119 e. The van der Waals surface area contributed by atoms with E-state index in [9.17, 15) is 5.11 Å². The molecule has 1 N–H and O–H groups in total. The summed E-state index contributed by atoms with van der Waals surface area (Å²) in [5.74, 6) is 0.872. The van der Waals surface area contributed by atoms with E-state index in [-0.39, 0.29) is 6.10 Å². The first-order valence-electron chi connectivity index (χ1n) is 7.18. The maximum atomic E-state index is 10.1. The fraction of sp³-hybridized carbons (Fsp3) is 0.625. The molecule has 1 unspecified atom stereocenters. The van der Waals surface area contributed by atoms with Gasteiger partial charge in [-0.25, -0.2) is 0 Å². The summed E-state index contributed by atoms with van der Waals surface area (Å²) in [7, 11) is 0. The van der Waals surface area contributed by atoms with Crippen molar-refractivity contribution >= 4 is 0 Å². The van der Waals surface area contributed by atoms with Crippen molar-refractivity contribution in [3.05, 3.63) is 29.8 Å². The van der Waals surface area contributed by atoms with Gasteiger partial charge in [0.25, 0.3) is 0 Å². The van der Waals surface area contributed by atoms with Gasteiger partial charge in [0.1, 0.15) is 5.75 Å². The van der Waals surface area contributed by atoms with E-state index in [4.69, 9.17) is 4.74 Å². The standard InChI is InChI=1S/C16H26O2/c1-3-5-6-7-8-9-16(17)14-10-12-15(13-11-14)18-4-2/h10-13,16-17H,3-9H2,1-2H3. The molecule has 2 nitrogen and oxygen atoms in total. The first kappa shape index (κ1) is 15.0. The van der Waals surface area contributed by atoms with Gasteiger partial charge in [-0.2, -0.15) is 0 Å². The van der Waals surface area contributed by atoms with E-state index in [0.717, 1.165) is 24.2 Å². The number of unbranched alkanes of at least 4 members (excludes halogenated alkanes) is 4. The van der Waals surface area contributed by atoms with Gasteiger partial charge in [0.2, 0.25) is 0 Å². The summed E-state index contributed by atoms with van der Waals surface area (Å²) in [5.41, 5.74) is 0.994. The molecule has 0 fully saturated rings. The summed E-state index contributed by atoms with van der Waals surface area (Å²) >= 11 is 0. The lowest BCUT2D eigenvalue weighted by Crippen LogP contribution is -1.98. The number of rotatable bonds is 9. The third-order valence-corrected chi connectivity index (χ3v) is 3.16. The van der Waals surface area contributed by atoms with Crippen LogP contribution in [0.15, 0.2) is 24.3 Å². The molecule has 1 rings (SSSR count). The van der Waals surface area contributed by atoms with Gasteiger partial charge < -0.3 is 9.84 Å². The predicted octanol–water partition coefficient (Wildman–Crippen LogP) is 4.48. The minimum Gasteiger partial charge on any atom is -0.494 e. The number of aliphatic hydroxyl groups is 1. The van der Waals surface area contributed by atoms with E-state index < -0.39 is 0 Å². The highest BCUT2D eigenvalue weighted by Gasteiger charge is 2.07. The van der Waals surface area contributed by atoms with Crippen LogP contribution in [0.5, 0.6) is 5.75 Å². The van der Waals surface area contributed by atoms with Gasteiger partial charge in [0, 0.05) is 0 Å². The van der Waals surface area contributed by atoms with Gasteiger partial charge in [-0.05, 0) is 31.0 Å². The number of benzene rings is 1. The summed E-state index contributed by atoms with van der Waals surface area (Å²) in [5, 5.41) is 10.1. The molecule has 1 atom stereocenters. The first-order valence-corrected chi connectivity index (χ1v) is 7.18. The van der Waals surface area contributed by atoms with Gasteiger partial charge in [-0.3, -0.25) is 0 Å². The van der Waals surface area contributed by atoms with Crippen LogP contribution in [0.25, 0.3) is 0 Å².